The van der Waals surface area contributed by atoms with E-state index in [2.05, 4.69) is 142 Å². The van der Waals surface area contributed by atoms with E-state index in [0.29, 0.717) is 12.8 Å². The fourth-order valence-electron chi connectivity index (χ4n) is 8.03. The number of rotatable bonds is 53. The highest BCUT2D eigenvalue weighted by molar-refractivity contribution is 5.71. The Bertz CT molecular complexity index is 1540. The van der Waals surface area contributed by atoms with Gasteiger partial charge in [-0.1, -0.05) is 258 Å². The Morgan fingerprint density at radius 1 is 0.288 bits per heavy atom. The number of carbonyl (C=O) groups excluding carboxylic acids is 3. The Labute approximate surface area is 450 Å². The molecule has 0 bridgehead atoms. The second kappa shape index (κ2) is 60.4. The van der Waals surface area contributed by atoms with Crippen LogP contribution in [0.1, 0.15) is 265 Å². The fraction of sp³-hybridized carbons (Fsp3) is 0.657. The molecule has 0 heterocycles. The van der Waals surface area contributed by atoms with Crippen LogP contribution in [-0.2, 0) is 28.6 Å². The number of unbranched alkanes of at least 4 members (excludes halogenated alkanes) is 22. The highest BCUT2D eigenvalue weighted by Crippen LogP contribution is 2.15. The van der Waals surface area contributed by atoms with Gasteiger partial charge in [0.2, 0.25) is 0 Å². The van der Waals surface area contributed by atoms with Crippen LogP contribution >= 0.6 is 0 Å². The van der Waals surface area contributed by atoms with Crippen molar-refractivity contribution in [2.45, 2.75) is 271 Å². The number of esters is 3. The van der Waals surface area contributed by atoms with Crippen molar-refractivity contribution in [3.8, 4) is 0 Å². The van der Waals surface area contributed by atoms with E-state index in [-0.39, 0.29) is 37.5 Å². The summed E-state index contributed by atoms with van der Waals surface area (Å²) in [6, 6.07) is 0. The molecule has 0 N–H and O–H groups in total. The zero-order valence-corrected chi connectivity index (χ0v) is 47.4. The van der Waals surface area contributed by atoms with Crippen molar-refractivity contribution < 1.29 is 28.6 Å². The topological polar surface area (TPSA) is 78.9 Å². The largest absolute Gasteiger partial charge is 0.462 e. The van der Waals surface area contributed by atoms with Crippen molar-refractivity contribution in [2.24, 2.45) is 0 Å². The third-order valence-electron chi connectivity index (χ3n) is 12.5. The lowest BCUT2D eigenvalue weighted by atomic mass is 10.1. The molecule has 1 unspecified atom stereocenters. The Morgan fingerprint density at radius 2 is 0.534 bits per heavy atom. The van der Waals surface area contributed by atoms with Gasteiger partial charge in [-0.15, -0.1) is 0 Å². The standard InChI is InChI=1S/C67H110O6/c1-4-7-10-13-16-19-22-24-26-28-30-31-32-33-34-35-37-38-40-42-45-48-51-54-57-60-66(69)72-63-64(62-71-65(68)59-56-53-50-47-44-21-18-15-12-9-6-3)73-67(70)61-58-55-52-49-46-43-41-39-36-29-27-25-23-20-17-14-11-8-5-2/h7-8,10-11,16-17,19-20,24-27,30-31,33-34,36,39,43,46,64H,4-6,9,12-15,18,21-23,28-29,32,35,37-38,40-42,44-45,47-63H2,1-3H3/b10-7-,11-8-,19-16-,20-17-,26-24-,27-25-,31-30-,34-33-,39-36-,46-43-. The molecular formula is C67H110O6. The van der Waals surface area contributed by atoms with Crippen LogP contribution in [-0.4, -0.2) is 37.2 Å². The van der Waals surface area contributed by atoms with Gasteiger partial charge >= 0.3 is 17.9 Å². The van der Waals surface area contributed by atoms with E-state index in [9.17, 15) is 14.4 Å². The average molecular weight is 1010 g/mol. The Balaban J connectivity index is 4.37. The number of hydrogen-bond donors (Lipinski definition) is 0. The van der Waals surface area contributed by atoms with Crippen LogP contribution in [0, 0.1) is 0 Å². The molecule has 0 spiro atoms. The molecule has 6 nitrogen and oxygen atoms in total. The summed E-state index contributed by atoms with van der Waals surface area (Å²) < 4.78 is 16.8. The molecule has 414 valence electrons. The quantitative estimate of drug-likeness (QED) is 0.0261. The van der Waals surface area contributed by atoms with Crippen molar-refractivity contribution >= 4 is 17.9 Å². The number of allylic oxidation sites excluding steroid dienone is 20. The second-order valence-electron chi connectivity index (χ2n) is 19.5. The first-order valence-electron chi connectivity index (χ1n) is 30.0. The molecule has 1 atom stereocenters. The number of hydrogen-bond acceptors (Lipinski definition) is 6. The summed E-state index contributed by atoms with van der Waals surface area (Å²) in [4.78, 5) is 38.2. The molecule has 0 saturated carbocycles. The molecule has 0 rings (SSSR count). The van der Waals surface area contributed by atoms with Crippen molar-refractivity contribution in [3.05, 3.63) is 122 Å². The van der Waals surface area contributed by atoms with Crippen LogP contribution in [0.4, 0.5) is 0 Å². The van der Waals surface area contributed by atoms with E-state index in [1.54, 1.807) is 0 Å². The summed E-state index contributed by atoms with van der Waals surface area (Å²) in [6.07, 6.45) is 83.4. The Kier molecular flexibility index (Phi) is 56.9. The van der Waals surface area contributed by atoms with Gasteiger partial charge in [-0.3, -0.25) is 14.4 Å². The Hall–Kier alpha value is -4.19. The van der Waals surface area contributed by atoms with Crippen LogP contribution in [0.3, 0.4) is 0 Å². The van der Waals surface area contributed by atoms with Crippen molar-refractivity contribution in [1.29, 1.82) is 0 Å². The molecule has 0 aliphatic carbocycles. The lowest BCUT2D eigenvalue weighted by molar-refractivity contribution is -0.167. The van der Waals surface area contributed by atoms with E-state index in [1.807, 2.05) is 0 Å². The molecule has 73 heavy (non-hydrogen) atoms. The zero-order valence-electron chi connectivity index (χ0n) is 47.4. The zero-order chi connectivity index (χ0) is 52.9. The van der Waals surface area contributed by atoms with E-state index in [4.69, 9.17) is 14.2 Å². The molecule has 6 heteroatoms. The summed E-state index contributed by atoms with van der Waals surface area (Å²) in [7, 11) is 0. The first-order chi connectivity index (χ1) is 36.0. The molecule has 0 aromatic carbocycles. The molecule has 0 aromatic heterocycles. The van der Waals surface area contributed by atoms with Gasteiger partial charge in [0.1, 0.15) is 13.2 Å². The van der Waals surface area contributed by atoms with Crippen LogP contribution in [0.25, 0.3) is 0 Å². The third-order valence-corrected chi connectivity index (χ3v) is 12.5. The van der Waals surface area contributed by atoms with Gasteiger partial charge in [0.05, 0.1) is 0 Å². The molecular weight excluding hydrogens is 901 g/mol. The smallest absolute Gasteiger partial charge is 0.306 e. The Morgan fingerprint density at radius 3 is 0.849 bits per heavy atom. The molecule has 0 radical (unpaired) electrons. The van der Waals surface area contributed by atoms with E-state index < -0.39 is 6.10 Å². The van der Waals surface area contributed by atoms with Crippen molar-refractivity contribution in [1.82, 2.24) is 0 Å². The van der Waals surface area contributed by atoms with E-state index in [1.165, 1.54) is 89.9 Å². The SMILES string of the molecule is CC/C=C\C/C=C\C/C=C\C/C=C\C/C=C\CCCCCCCCCCCC(=O)OCC(COC(=O)CCCCCCCCCCCCC)OC(=O)CCCCC/C=C\C/C=C\C/C=C\C/C=C\C/C=C\CC. The molecule has 0 aromatic rings. The van der Waals surface area contributed by atoms with Crippen LogP contribution < -0.4 is 0 Å². The first kappa shape index (κ1) is 68.8. The summed E-state index contributed by atoms with van der Waals surface area (Å²) >= 11 is 0. The van der Waals surface area contributed by atoms with Gasteiger partial charge in [0.25, 0.3) is 0 Å². The molecule has 0 aliphatic rings. The fourth-order valence-corrected chi connectivity index (χ4v) is 8.03. The maximum Gasteiger partial charge on any atom is 0.306 e. The van der Waals surface area contributed by atoms with Crippen LogP contribution in [0.15, 0.2) is 122 Å². The van der Waals surface area contributed by atoms with Crippen LogP contribution in [0.2, 0.25) is 0 Å². The maximum absolute atomic E-state index is 12.9. The first-order valence-corrected chi connectivity index (χ1v) is 30.0. The van der Waals surface area contributed by atoms with Gasteiger partial charge in [0, 0.05) is 19.3 Å². The summed E-state index contributed by atoms with van der Waals surface area (Å²) in [5.41, 5.74) is 0. The molecule has 0 aliphatic heterocycles. The molecule has 0 saturated heterocycles. The number of ether oxygens (including phenoxy) is 3. The normalized spacial score (nSPS) is 13.0. The monoisotopic (exact) mass is 1010 g/mol. The average Bonchev–Trinajstić information content (AvgIpc) is 3.39. The minimum absolute atomic E-state index is 0.0939. The minimum Gasteiger partial charge on any atom is -0.462 e. The highest BCUT2D eigenvalue weighted by Gasteiger charge is 2.19. The van der Waals surface area contributed by atoms with Crippen LogP contribution in [0.5, 0.6) is 0 Å². The van der Waals surface area contributed by atoms with Gasteiger partial charge < -0.3 is 14.2 Å². The maximum atomic E-state index is 12.9. The lowest BCUT2D eigenvalue weighted by Gasteiger charge is -2.18. The predicted molar refractivity (Wildman–Crippen MR) is 316 cm³/mol. The van der Waals surface area contributed by atoms with Gasteiger partial charge in [0.15, 0.2) is 6.10 Å². The van der Waals surface area contributed by atoms with Gasteiger partial charge in [-0.05, 0) is 109 Å². The van der Waals surface area contributed by atoms with Crippen molar-refractivity contribution in [2.75, 3.05) is 13.2 Å². The van der Waals surface area contributed by atoms with E-state index >= 15 is 0 Å². The third kappa shape index (κ3) is 58.6. The summed E-state index contributed by atoms with van der Waals surface area (Å²) in [6.45, 7) is 6.38. The molecule has 0 fully saturated rings. The van der Waals surface area contributed by atoms with Gasteiger partial charge in [-0.25, -0.2) is 0 Å². The highest BCUT2D eigenvalue weighted by atomic mass is 16.6. The number of carbonyl (C=O) groups is 3. The predicted octanol–water partition coefficient (Wildman–Crippen LogP) is 20.4. The van der Waals surface area contributed by atoms with Gasteiger partial charge in [-0.2, -0.15) is 0 Å². The lowest BCUT2D eigenvalue weighted by Crippen LogP contribution is -2.30. The minimum atomic E-state index is -0.800. The molecule has 0 amide bonds. The summed E-state index contributed by atoms with van der Waals surface area (Å²) in [5.74, 6) is -0.932. The van der Waals surface area contributed by atoms with E-state index in [0.717, 1.165) is 135 Å². The second-order valence-corrected chi connectivity index (χ2v) is 19.5. The van der Waals surface area contributed by atoms with Crippen molar-refractivity contribution in [3.63, 3.8) is 0 Å². The summed E-state index contributed by atoms with van der Waals surface area (Å²) in [5, 5.41) is 0.